The average molecular weight is 260 g/mol. The first-order valence-corrected chi connectivity index (χ1v) is 6.33. The Hall–Kier alpha value is -1.94. The zero-order valence-electron chi connectivity index (χ0n) is 11.4. The second-order valence-corrected chi connectivity index (χ2v) is 4.36. The highest BCUT2D eigenvalue weighted by Crippen LogP contribution is 2.28. The third-order valence-corrected chi connectivity index (χ3v) is 3.12. The first-order chi connectivity index (χ1) is 9.28. The quantitative estimate of drug-likeness (QED) is 0.865. The van der Waals surface area contributed by atoms with E-state index in [0.29, 0.717) is 6.54 Å². The van der Waals surface area contributed by atoms with Gasteiger partial charge in [-0.1, -0.05) is 6.07 Å². The van der Waals surface area contributed by atoms with Gasteiger partial charge in [0, 0.05) is 18.4 Å². The van der Waals surface area contributed by atoms with E-state index in [1.807, 2.05) is 24.3 Å². The van der Waals surface area contributed by atoms with Crippen LogP contribution < -0.4 is 15.2 Å². The van der Waals surface area contributed by atoms with Crippen molar-refractivity contribution in [2.75, 3.05) is 20.8 Å². The zero-order chi connectivity index (χ0) is 13.7. The van der Waals surface area contributed by atoms with E-state index in [1.165, 1.54) is 11.3 Å². The minimum Gasteiger partial charge on any atom is -0.493 e. The van der Waals surface area contributed by atoms with Crippen molar-refractivity contribution in [3.63, 3.8) is 0 Å². The molecule has 0 aliphatic rings. The summed E-state index contributed by atoms with van der Waals surface area (Å²) in [5.74, 6) is 1.51. The fraction of sp³-hybridized carbons (Fsp3) is 0.333. The predicted molar refractivity (Wildman–Crippen MR) is 75.8 cm³/mol. The molecule has 1 heterocycles. The molecule has 19 heavy (non-hydrogen) atoms. The summed E-state index contributed by atoms with van der Waals surface area (Å²) in [4.78, 5) is 0. The number of hydrogen-bond acceptors (Lipinski definition) is 3. The van der Waals surface area contributed by atoms with Crippen molar-refractivity contribution in [2.24, 2.45) is 5.73 Å². The lowest BCUT2D eigenvalue weighted by atomic mass is 10.2. The van der Waals surface area contributed by atoms with Crippen LogP contribution in [0.4, 0.5) is 0 Å². The van der Waals surface area contributed by atoms with Gasteiger partial charge in [-0.15, -0.1) is 0 Å². The fourth-order valence-electron chi connectivity index (χ4n) is 2.15. The van der Waals surface area contributed by atoms with Gasteiger partial charge in [0.15, 0.2) is 11.5 Å². The van der Waals surface area contributed by atoms with Crippen LogP contribution >= 0.6 is 0 Å². The molecule has 0 aliphatic carbocycles. The molecule has 0 atom stereocenters. The highest BCUT2D eigenvalue weighted by atomic mass is 16.5. The molecular formula is C15H20N2O2. The standard InChI is InChI=1S/C15H20N2O2/c1-18-14-6-5-12(10-15(14)19-2)11-17-9-3-4-13(17)7-8-16/h3-6,9-10H,7-8,11,16H2,1-2H3. The first-order valence-electron chi connectivity index (χ1n) is 6.33. The summed E-state index contributed by atoms with van der Waals surface area (Å²) in [5.41, 5.74) is 8.04. The van der Waals surface area contributed by atoms with E-state index < -0.39 is 0 Å². The summed E-state index contributed by atoms with van der Waals surface area (Å²) in [6, 6.07) is 10.1. The van der Waals surface area contributed by atoms with Gasteiger partial charge in [-0.3, -0.25) is 0 Å². The molecule has 0 radical (unpaired) electrons. The fourth-order valence-corrected chi connectivity index (χ4v) is 2.15. The molecule has 0 saturated carbocycles. The number of benzene rings is 1. The van der Waals surface area contributed by atoms with Gasteiger partial charge in [-0.2, -0.15) is 0 Å². The summed E-state index contributed by atoms with van der Waals surface area (Å²) in [5, 5.41) is 0. The molecule has 2 N–H and O–H groups in total. The second-order valence-electron chi connectivity index (χ2n) is 4.36. The lowest BCUT2D eigenvalue weighted by Crippen LogP contribution is -2.09. The smallest absolute Gasteiger partial charge is 0.161 e. The van der Waals surface area contributed by atoms with Gasteiger partial charge in [0.1, 0.15) is 0 Å². The van der Waals surface area contributed by atoms with E-state index in [0.717, 1.165) is 24.5 Å². The van der Waals surface area contributed by atoms with E-state index >= 15 is 0 Å². The third-order valence-electron chi connectivity index (χ3n) is 3.12. The Morgan fingerprint density at radius 3 is 2.58 bits per heavy atom. The normalized spacial score (nSPS) is 10.5. The van der Waals surface area contributed by atoms with Crippen LogP contribution in [0.15, 0.2) is 36.5 Å². The molecule has 0 aliphatic heterocycles. The number of nitrogens with zero attached hydrogens (tertiary/aromatic N) is 1. The van der Waals surface area contributed by atoms with Crippen LogP contribution in [0.3, 0.4) is 0 Å². The van der Waals surface area contributed by atoms with Crippen molar-refractivity contribution in [2.45, 2.75) is 13.0 Å². The number of ether oxygens (including phenoxy) is 2. The van der Waals surface area contributed by atoms with Gasteiger partial charge >= 0.3 is 0 Å². The van der Waals surface area contributed by atoms with Gasteiger partial charge < -0.3 is 19.8 Å². The number of methoxy groups -OCH3 is 2. The van der Waals surface area contributed by atoms with Crippen molar-refractivity contribution in [1.82, 2.24) is 4.57 Å². The van der Waals surface area contributed by atoms with Crippen LogP contribution in [0, 0.1) is 0 Å². The number of hydrogen-bond donors (Lipinski definition) is 1. The third kappa shape index (κ3) is 3.09. The maximum absolute atomic E-state index is 5.62. The van der Waals surface area contributed by atoms with E-state index in [1.54, 1.807) is 14.2 Å². The molecule has 2 aromatic rings. The molecule has 0 saturated heterocycles. The molecule has 1 aromatic heterocycles. The van der Waals surface area contributed by atoms with Crippen molar-refractivity contribution >= 4 is 0 Å². The molecule has 2 rings (SSSR count). The van der Waals surface area contributed by atoms with E-state index in [4.69, 9.17) is 15.2 Å². The summed E-state index contributed by atoms with van der Waals surface area (Å²) >= 11 is 0. The van der Waals surface area contributed by atoms with Crippen molar-refractivity contribution in [1.29, 1.82) is 0 Å². The largest absolute Gasteiger partial charge is 0.493 e. The zero-order valence-corrected chi connectivity index (χ0v) is 11.4. The van der Waals surface area contributed by atoms with Gasteiger partial charge in [0.05, 0.1) is 14.2 Å². The number of aromatic nitrogens is 1. The van der Waals surface area contributed by atoms with Crippen molar-refractivity contribution in [3.05, 3.63) is 47.8 Å². The Morgan fingerprint density at radius 2 is 1.89 bits per heavy atom. The highest BCUT2D eigenvalue weighted by molar-refractivity contribution is 5.43. The SMILES string of the molecule is COc1ccc(Cn2cccc2CCN)cc1OC. The molecule has 102 valence electrons. The number of rotatable bonds is 6. The van der Waals surface area contributed by atoms with Gasteiger partial charge in [0.2, 0.25) is 0 Å². The molecule has 0 fully saturated rings. The Labute approximate surface area is 113 Å². The topological polar surface area (TPSA) is 49.4 Å². The second kappa shape index (κ2) is 6.29. The monoisotopic (exact) mass is 260 g/mol. The number of nitrogens with two attached hydrogens (primary N) is 1. The summed E-state index contributed by atoms with van der Waals surface area (Å²) in [7, 11) is 3.29. The Morgan fingerprint density at radius 1 is 1.11 bits per heavy atom. The predicted octanol–water partition coefficient (Wildman–Crippen LogP) is 2.05. The molecule has 4 nitrogen and oxygen atoms in total. The maximum Gasteiger partial charge on any atom is 0.161 e. The Kier molecular flexibility index (Phi) is 4.47. The van der Waals surface area contributed by atoms with E-state index in [9.17, 15) is 0 Å². The van der Waals surface area contributed by atoms with Gasteiger partial charge in [-0.25, -0.2) is 0 Å². The van der Waals surface area contributed by atoms with Gasteiger partial charge in [0.25, 0.3) is 0 Å². The lowest BCUT2D eigenvalue weighted by molar-refractivity contribution is 0.354. The van der Waals surface area contributed by atoms with Gasteiger partial charge in [-0.05, 0) is 42.8 Å². The minimum absolute atomic E-state index is 0.663. The van der Waals surface area contributed by atoms with Crippen LogP contribution in [0.1, 0.15) is 11.3 Å². The van der Waals surface area contributed by atoms with Crippen molar-refractivity contribution in [3.8, 4) is 11.5 Å². The molecule has 1 aromatic carbocycles. The molecule has 0 bridgehead atoms. The molecule has 4 heteroatoms. The van der Waals surface area contributed by atoms with Crippen LogP contribution in [0.25, 0.3) is 0 Å². The maximum atomic E-state index is 5.62. The molecular weight excluding hydrogens is 240 g/mol. The average Bonchev–Trinajstić information content (AvgIpc) is 2.86. The Bertz CT molecular complexity index is 535. The van der Waals surface area contributed by atoms with Crippen LogP contribution in [-0.2, 0) is 13.0 Å². The van der Waals surface area contributed by atoms with E-state index in [-0.39, 0.29) is 0 Å². The Balaban J connectivity index is 2.21. The molecule has 0 spiro atoms. The van der Waals surface area contributed by atoms with Crippen molar-refractivity contribution < 1.29 is 9.47 Å². The van der Waals surface area contributed by atoms with Crippen LogP contribution in [0.2, 0.25) is 0 Å². The summed E-state index contributed by atoms with van der Waals surface area (Å²) < 4.78 is 12.8. The lowest BCUT2D eigenvalue weighted by Gasteiger charge is -2.12. The molecule has 0 amide bonds. The van der Waals surface area contributed by atoms with Crippen LogP contribution in [-0.4, -0.2) is 25.3 Å². The summed E-state index contributed by atoms with van der Waals surface area (Å²) in [6.45, 7) is 1.47. The van der Waals surface area contributed by atoms with Crippen LogP contribution in [0.5, 0.6) is 11.5 Å². The van der Waals surface area contributed by atoms with E-state index in [2.05, 4.69) is 16.8 Å². The first kappa shape index (κ1) is 13.5. The molecule has 0 unspecified atom stereocenters. The highest BCUT2D eigenvalue weighted by Gasteiger charge is 2.06. The minimum atomic E-state index is 0.663. The summed E-state index contributed by atoms with van der Waals surface area (Å²) in [6.07, 6.45) is 2.96.